The van der Waals surface area contributed by atoms with Gasteiger partial charge in [0.2, 0.25) is 0 Å². The summed E-state index contributed by atoms with van der Waals surface area (Å²) in [6.45, 7) is 1.64. The van der Waals surface area contributed by atoms with Gasteiger partial charge in [-0.05, 0) is 34.8 Å². The molecule has 0 aliphatic carbocycles. The molecule has 17 heavy (non-hydrogen) atoms. The standard InChI is InChI=1S/C11H13BrN4O/c12-7-5-9-10(13-6-7)15-16-11(9)14-8-1-3-17-4-2-8/h5-6,8H,1-4H2,(H2,13,14,15,16). The Labute approximate surface area is 107 Å². The quantitative estimate of drug-likeness (QED) is 0.893. The highest BCUT2D eigenvalue weighted by Crippen LogP contribution is 2.24. The third kappa shape index (κ3) is 2.28. The van der Waals surface area contributed by atoms with Crippen molar-refractivity contribution in [1.82, 2.24) is 15.2 Å². The smallest absolute Gasteiger partial charge is 0.157 e. The lowest BCUT2D eigenvalue weighted by atomic mass is 10.1. The molecule has 0 unspecified atom stereocenters. The Bertz CT molecular complexity index is 521. The molecule has 1 aliphatic rings. The Hall–Kier alpha value is -1.14. The number of hydrogen-bond donors (Lipinski definition) is 2. The number of aromatic amines is 1. The van der Waals surface area contributed by atoms with E-state index >= 15 is 0 Å². The molecule has 0 aromatic carbocycles. The number of rotatable bonds is 2. The molecule has 0 bridgehead atoms. The summed E-state index contributed by atoms with van der Waals surface area (Å²) in [5.74, 6) is 0.876. The monoisotopic (exact) mass is 296 g/mol. The van der Waals surface area contributed by atoms with E-state index in [0.717, 1.165) is 47.4 Å². The van der Waals surface area contributed by atoms with Crippen LogP contribution in [-0.4, -0.2) is 34.4 Å². The lowest BCUT2D eigenvalue weighted by molar-refractivity contribution is 0.0904. The Morgan fingerprint density at radius 3 is 3.06 bits per heavy atom. The second-order valence-corrected chi connectivity index (χ2v) is 5.07. The number of nitrogens with zero attached hydrogens (tertiary/aromatic N) is 2. The van der Waals surface area contributed by atoms with Gasteiger partial charge in [0.15, 0.2) is 11.5 Å². The van der Waals surface area contributed by atoms with E-state index in [2.05, 4.69) is 36.4 Å². The van der Waals surface area contributed by atoms with E-state index in [1.807, 2.05) is 6.07 Å². The van der Waals surface area contributed by atoms with Gasteiger partial charge in [0.05, 0.1) is 5.39 Å². The topological polar surface area (TPSA) is 62.8 Å². The minimum Gasteiger partial charge on any atom is -0.381 e. The third-order valence-corrected chi connectivity index (χ3v) is 3.38. The minimum absolute atomic E-state index is 0.439. The lowest BCUT2D eigenvalue weighted by Gasteiger charge is -2.22. The zero-order chi connectivity index (χ0) is 11.7. The van der Waals surface area contributed by atoms with E-state index in [1.54, 1.807) is 6.20 Å². The minimum atomic E-state index is 0.439. The van der Waals surface area contributed by atoms with E-state index in [4.69, 9.17) is 4.74 Å². The van der Waals surface area contributed by atoms with Crippen molar-refractivity contribution in [2.75, 3.05) is 18.5 Å². The van der Waals surface area contributed by atoms with E-state index in [-0.39, 0.29) is 0 Å². The van der Waals surface area contributed by atoms with Crippen molar-refractivity contribution in [3.8, 4) is 0 Å². The van der Waals surface area contributed by atoms with E-state index in [1.165, 1.54) is 0 Å². The van der Waals surface area contributed by atoms with Gasteiger partial charge in [0.25, 0.3) is 0 Å². The first-order chi connectivity index (χ1) is 8.33. The number of ether oxygens (including phenoxy) is 1. The summed E-state index contributed by atoms with van der Waals surface area (Å²) < 4.78 is 6.30. The molecule has 0 spiro atoms. The predicted octanol–water partition coefficient (Wildman–Crippen LogP) is 2.31. The molecule has 0 saturated carbocycles. The molecule has 1 fully saturated rings. The summed E-state index contributed by atoms with van der Waals surface area (Å²) in [5, 5.41) is 11.7. The van der Waals surface area contributed by atoms with Gasteiger partial charge in [-0.1, -0.05) is 0 Å². The number of fused-ring (bicyclic) bond motifs is 1. The number of hydrogen-bond acceptors (Lipinski definition) is 4. The van der Waals surface area contributed by atoms with Crippen molar-refractivity contribution in [2.24, 2.45) is 0 Å². The number of aromatic nitrogens is 3. The van der Waals surface area contributed by atoms with Gasteiger partial charge in [0, 0.05) is 29.9 Å². The molecule has 5 nitrogen and oxygen atoms in total. The Balaban J connectivity index is 1.86. The van der Waals surface area contributed by atoms with E-state index in [9.17, 15) is 0 Å². The van der Waals surface area contributed by atoms with Crippen LogP contribution in [-0.2, 0) is 4.74 Å². The highest BCUT2D eigenvalue weighted by atomic mass is 79.9. The van der Waals surface area contributed by atoms with Gasteiger partial charge >= 0.3 is 0 Å². The maximum atomic E-state index is 5.34. The van der Waals surface area contributed by atoms with Gasteiger partial charge in [-0.2, -0.15) is 5.10 Å². The maximum Gasteiger partial charge on any atom is 0.157 e. The maximum absolute atomic E-state index is 5.34. The van der Waals surface area contributed by atoms with Crippen molar-refractivity contribution >= 4 is 32.8 Å². The number of anilines is 1. The molecule has 0 amide bonds. The van der Waals surface area contributed by atoms with Crippen LogP contribution in [0.3, 0.4) is 0 Å². The van der Waals surface area contributed by atoms with Gasteiger partial charge in [-0.25, -0.2) is 4.98 Å². The normalized spacial score (nSPS) is 17.5. The van der Waals surface area contributed by atoms with E-state index < -0.39 is 0 Å². The summed E-state index contributed by atoms with van der Waals surface area (Å²) in [5.41, 5.74) is 0.808. The van der Waals surface area contributed by atoms with Crippen LogP contribution in [0.1, 0.15) is 12.8 Å². The molecule has 0 atom stereocenters. The average Bonchev–Trinajstić information content (AvgIpc) is 2.73. The first-order valence-corrected chi connectivity index (χ1v) is 6.46. The Morgan fingerprint density at radius 1 is 1.41 bits per heavy atom. The lowest BCUT2D eigenvalue weighted by Crippen LogP contribution is -2.28. The molecule has 2 aromatic rings. The zero-order valence-electron chi connectivity index (χ0n) is 9.24. The van der Waals surface area contributed by atoms with Gasteiger partial charge in [-0.15, -0.1) is 0 Å². The fraction of sp³-hybridized carbons (Fsp3) is 0.455. The molecule has 6 heteroatoms. The third-order valence-electron chi connectivity index (χ3n) is 2.95. The molecular weight excluding hydrogens is 284 g/mol. The van der Waals surface area contributed by atoms with Gasteiger partial charge in [0.1, 0.15) is 0 Å². The summed E-state index contributed by atoms with van der Waals surface area (Å²) in [6.07, 6.45) is 3.81. The molecule has 2 N–H and O–H groups in total. The summed E-state index contributed by atoms with van der Waals surface area (Å²) in [7, 11) is 0. The Kier molecular flexibility index (Phi) is 2.98. The summed E-state index contributed by atoms with van der Waals surface area (Å²) in [6, 6.07) is 2.46. The fourth-order valence-corrected chi connectivity index (χ4v) is 2.35. The molecule has 0 radical (unpaired) electrons. The van der Waals surface area contributed by atoms with E-state index in [0.29, 0.717) is 6.04 Å². The van der Waals surface area contributed by atoms with Crippen molar-refractivity contribution in [3.05, 3.63) is 16.7 Å². The van der Waals surface area contributed by atoms with Crippen LogP contribution < -0.4 is 5.32 Å². The SMILES string of the molecule is Brc1cnc2[nH]nc(NC3CCOCC3)c2c1. The van der Waals surface area contributed by atoms with Crippen LogP contribution in [0, 0.1) is 0 Å². The second kappa shape index (κ2) is 4.62. The number of halogens is 1. The zero-order valence-corrected chi connectivity index (χ0v) is 10.8. The van der Waals surface area contributed by atoms with Crippen molar-refractivity contribution in [1.29, 1.82) is 0 Å². The number of pyridine rings is 1. The highest BCUT2D eigenvalue weighted by molar-refractivity contribution is 9.10. The molecule has 1 saturated heterocycles. The molecule has 3 rings (SSSR count). The second-order valence-electron chi connectivity index (χ2n) is 4.15. The number of nitrogens with one attached hydrogen (secondary N) is 2. The fourth-order valence-electron chi connectivity index (χ4n) is 2.02. The molecule has 1 aliphatic heterocycles. The van der Waals surface area contributed by atoms with Gasteiger partial charge < -0.3 is 10.1 Å². The highest BCUT2D eigenvalue weighted by Gasteiger charge is 2.16. The number of H-pyrrole nitrogens is 1. The van der Waals surface area contributed by atoms with Crippen LogP contribution in [0.4, 0.5) is 5.82 Å². The van der Waals surface area contributed by atoms with Crippen molar-refractivity contribution in [2.45, 2.75) is 18.9 Å². The van der Waals surface area contributed by atoms with Crippen LogP contribution in [0.5, 0.6) is 0 Å². The molecule has 90 valence electrons. The average molecular weight is 297 g/mol. The van der Waals surface area contributed by atoms with Crippen LogP contribution >= 0.6 is 15.9 Å². The molecule has 2 aromatic heterocycles. The van der Waals surface area contributed by atoms with Crippen LogP contribution in [0.15, 0.2) is 16.7 Å². The van der Waals surface area contributed by atoms with Crippen LogP contribution in [0.25, 0.3) is 11.0 Å². The largest absolute Gasteiger partial charge is 0.381 e. The molecule has 3 heterocycles. The first kappa shape index (κ1) is 11.0. The van der Waals surface area contributed by atoms with Crippen molar-refractivity contribution in [3.63, 3.8) is 0 Å². The summed E-state index contributed by atoms with van der Waals surface area (Å²) >= 11 is 3.42. The van der Waals surface area contributed by atoms with Crippen molar-refractivity contribution < 1.29 is 4.74 Å². The van der Waals surface area contributed by atoms with Crippen LogP contribution in [0.2, 0.25) is 0 Å². The summed E-state index contributed by atoms with van der Waals surface area (Å²) in [4.78, 5) is 4.26. The van der Waals surface area contributed by atoms with Gasteiger partial charge in [-0.3, -0.25) is 5.10 Å². The predicted molar refractivity (Wildman–Crippen MR) is 69.1 cm³/mol. The Morgan fingerprint density at radius 2 is 2.24 bits per heavy atom. The molecular formula is C11H13BrN4O. The first-order valence-electron chi connectivity index (χ1n) is 5.67.